The number of hydrogen-bond donors (Lipinski definition) is 2. The van der Waals surface area contributed by atoms with Crippen molar-refractivity contribution < 1.29 is 23.9 Å². The lowest BCUT2D eigenvalue weighted by Gasteiger charge is -2.36. The van der Waals surface area contributed by atoms with Crippen molar-refractivity contribution in [3.8, 4) is 0 Å². The predicted molar refractivity (Wildman–Crippen MR) is 115 cm³/mol. The number of esters is 1. The summed E-state index contributed by atoms with van der Waals surface area (Å²) in [6, 6.07) is 6.85. The number of nitrogens with one attached hydrogen (secondary N) is 2. The van der Waals surface area contributed by atoms with Crippen molar-refractivity contribution in [1.82, 2.24) is 10.2 Å². The fourth-order valence-electron chi connectivity index (χ4n) is 4.40. The van der Waals surface area contributed by atoms with Crippen molar-refractivity contribution in [2.45, 2.75) is 70.9 Å². The molecule has 1 heterocycles. The molecule has 1 aliphatic heterocycles. The van der Waals surface area contributed by atoms with Crippen LogP contribution in [0.25, 0.3) is 0 Å². The van der Waals surface area contributed by atoms with Crippen LogP contribution in [-0.4, -0.2) is 46.9 Å². The van der Waals surface area contributed by atoms with Gasteiger partial charge in [0, 0.05) is 5.69 Å². The maximum absolute atomic E-state index is 13.0. The van der Waals surface area contributed by atoms with Gasteiger partial charge in [0.2, 0.25) is 0 Å². The molecule has 2 fully saturated rings. The summed E-state index contributed by atoms with van der Waals surface area (Å²) in [6.45, 7) is 6.93. The summed E-state index contributed by atoms with van der Waals surface area (Å²) in [5.41, 5.74) is 0.701. The van der Waals surface area contributed by atoms with Gasteiger partial charge in [-0.25, -0.2) is 4.79 Å². The Hall–Kier alpha value is -2.90. The number of carbonyl (C=O) groups excluding carboxylic acids is 4. The fraction of sp³-hybridized carbons (Fsp3) is 0.565. The first-order chi connectivity index (χ1) is 14.7. The van der Waals surface area contributed by atoms with Crippen molar-refractivity contribution in [2.75, 3.05) is 11.9 Å². The van der Waals surface area contributed by atoms with Crippen LogP contribution in [0.1, 0.15) is 64.9 Å². The van der Waals surface area contributed by atoms with Gasteiger partial charge in [0.1, 0.15) is 12.1 Å². The molecular weight excluding hydrogens is 398 g/mol. The van der Waals surface area contributed by atoms with E-state index in [1.54, 1.807) is 6.07 Å². The van der Waals surface area contributed by atoms with Gasteiger partial charge in [0.15, 0.2) is 6.10 Å². The Morgan fingerprint density at radius 1 is 1.23 bits per heavy atom. The van der Waals surface area contributed by atoms with E-state index in [0.717, 1.165) is 29.7 Å². The van der Waals surface area contributed by atoms with Crippen molar-refractivity contribution in [2.24, 2.45) is 5.92 Å². The summed E-state index contributed by atoms with van der Waals surface area (Å²) in [4.78, 5) is 51.2. The topological polar surface area (TPSA) is 105 Å². The summed E-state index contributed by atoms with van der Waals surface area (Å²) in [7, 11) is 0. The second kappa shape index (κ2) is 9.08. The maximum Gasteiger partial charge on any atom is 0.327 e. The highest BCUT2D eigenvalue weighted by Gasteiger charge is 2.55. The number of rotatable bonds is 6. The number of hydrogen-bond acceptors (Lipinski definition) is 5. The Bertz CT molecular complexity index is 884. The molecule has 4 amide bonds. The lowest BCUT2D eigenvalue weighted by Crippen LogP contribution is -2.54. The van der Waals surface area contributed by atoms with E-state index in [1.165, 1.54) is 6.92 Å². The minimum Gasteiger partial charge on any atom is -0.451 e. The Morgan fingerprint density at radius 3 is 2.61 bits per heavy atom. The second-order valence-corrected chi connectivity index (χ2v) is 8.80. The lowest BCUT2D eigenvalue weighted by atomic mass is 9.73. The first kappa shape index (κ1) is 22.8. The molecule has 2 aliphatic rings. The average Bonchev–Trinajstić information content (AvgIpc) is 2.95. The lowest BCUT2D eigenvalue weighted by molar-refractivity contribution is -0.155. The van der Waals surface area contributed by atoms with E-state index in [0.29, 0.717) is 12.1 Å². The van der Waals surface area contributed by atoms with Crippen LogP contribution in [0.5, 0.6) is 0 Å². The van der Waals surface area contributed by atoms with Crippen molar-refractivity contribution in [3.05, 3.63) is 29.8 Å². The number of urea groups is 1. The zero-order valence-corrected chi connectivity index (χ0v) is 18.6. The highest BCUT2D eigenvalue weighted by Crippen LogP contribution is 2.38. The molecule has 0 radical (unpaired) electrons. The highest BCUT2D eigenvalue weighted by molar-refractivity contribution is 6.09. The monoisotopic (exact) mass is 429 g/mol. The van der Waals surface area contributed by atoms with E-state index in [1.807, 2.05) is 39.0 Å². The largest absolute Gasteiger partial charge is 0.451 e. The van der Waals surface area contributed by atoms with Crippen LogP contribution in [-0.2, 0) is 19.1 Å². The normalized spacial score (nSPS) is 24.3. The van der Waals surface area contributed by atoms with Gasteiger partial charge in [-0.3, -0.25) is 19.3 Å². The molecule has 1 aromatic carbocycles. The Labute approximate surface area is 182 Å². The van der Waals surface area contributed by atoms with Crippen LogP contribution in [0, 0.1) is 5.92 Å². The third-order valence-electron chi connectivity index (χ3n) is 6.31. The molecule has 168 valence electrons. The summed E-state index contributed by atoms with van der Waals surface area (Å²) < 4.78 is 5.22. The minimum atomic E-state index is -1.07. The molecule has 1 aromatic rings. The Balaban J connectivity index is 1.60. The average molecular weight is 430 g/mol. The van der Waals surface area contributed by atoms with Gasteiger partial charge in [-0.1, -0.05) is 51.8 Å². The quantitative estimate of drug-likeness (QED) is 0.534. The van der Waals surface area contributed by atoms with Gasteiger partial charge in [-0.05, 0) is 43.2 Å². The standard InChI is InChI=1S/C23H31N3O5/c1-14(2)17-10-5-6-11-18(17)24-20(28)16(4)31-19(27)13-26-21(29)23(25-22(26)30)12-8-7-9-15(23)3/h5-6,10-11,14-16H,7-9,12-13H2,1-4H3,(H,24,28)(H,25,30)/t15-,16+,23-/m1/s1. The summed E-state index contributed by atoms with van der Waals surface area (Å²) in [5.74, 6) is -1.45. The predicted octanol–water partition coefficient (Wildman–Crippen LogP) is 3.18. The number of amides is 4. The molecule has 1 saturated heterocycles. The third-order valence-corrected chi connectivity index (χ3v) is 6.31. The summed E-state index contributed by atoms with van der Waals surface area (Å²) in [5, 5.41) is 5.58. The first-order valence-electron chi connectivity index (χ1n) is 10.9. The number of anilines is 1. The molecule has 0 unspecified atom stereocenters. The van der Waals surface area contributed by atoms with Gasteiger partial charge < -0.3 is 15.4 Å². The highest BCUT2D eigenvalue weighted by atomic mass is 16.5. The molecule has 1 saturated carbocycles. The van der Waals surface area contributed by atoms with Gasteiger partial charge in [0.05, 0.1) is 0 Å². The minimum absolute atomic E-state index is 0.00412. The van der Waals surface area contributed by atoms with E-state index >= 15 is 0 Å². The first-order valence-corrected chi connectivity index (χ1v) is 10.9. The van der Waals surface area contributed by atoms with Gasteiger partial charge in [-0.2, -0.15) is 0 Å². The third kappa shape index (κ3) is 4.57. The molecule has 8 nitrogen and oxygen atoms in total. The zero-order chi connectivity index (χ0) is 22.8. The zero-order valence-electron chi connectivity index (χ0n) is 18.6. The van der Waals surface area contributed by atoms with Crippen LogP contribution in [0.2, 0.25) is 0 Å². The summed E-state index contributed by atoms with van der Waals surface area (Å²) in [6.07, 6.45) is 2.21. The molecular formula is C23H31N3O5. The number of imide groups is 1. The smallest absolute Gasteiger partial charge is 0.327 e. The van der Waals surface area contributed by atoms with Crippen LogP contribution < -0.4 is 10.6 Å². The van der Waals surface area contributed by atoms with Crippen LogP contribution in [0.15, 0.2) is 24.3 Å². The summed E-state index contributed by atoms with van der Waals surface area (Å²) >= 11 is 0. The van der Waals surface area contributed by atoms with Crippen molar-refractivity contribution >= 4 is 29.5 Å². The van der Waals surface area contributed by atoms with E-state index < -0.39 is 36.1 Å². The van der Waals surface area contributed by atoms with E-state index in [2.05, 4.69) is 10.6 Å². The number of ether oxygens (including phenoxy) is 1. The number of carbonyl (C=O) groups is 4. The van der Waals surface area contributed by atoms with Crippen molar-refractivity contribution in [1.29, 1.82) is 0 Å². The van der Waals surface area contributed by atoms with E-state index in [-0.39, 0.29) is 17.7 Å². The molecule has 3 rings (SSSR count). The fourth-order valence-corrected chi connectivity index (χ4v) is 4.40. The number of nitrogens with zero attached hydrogens (tertiary/aromatic N) is 1. The molecule has 2 N–H and O–H groups in total. The van der Waals surface area contributed by atoms with Gasteiger partial charge in [0.25, 0.3) is 11.8 Å². The number of para-hydroxylation sites is 1. The molecule has 3 atom stereocenters. The molecule has 8 heteroatoms. The van der Waals surface area contributed by atoms with Gasteiger partial charge >= 0.3 is 12.0 Å². The molecule has 31 heavy (non-hydrogen) atoms. The van der Waals surface area contributed by atoms with E-state index in [9.17, 15) is 19.2 Å². The van der Waals surface area contributed by atoms with Crippen LogP contribution in [0.4, 0.5) is 10.5 Å². The molecule has 1 spiro atoms. The van der Waals surface area contributed by atoms with Crippen LogP contribution >= 0.6 is 0 Å². The molecule has 0 aromatic heterocycles. The second-order valence-electron chi connectivity index (χ2n) is 8.80. The van der Waals surface area contributed by atoms with Crippen LogP contribution in [0.3, 0.4) is 0 Å². The van der Waals surface area contributed by atoms with Crippen molar-refractivity contribution in [3.63, 3.8) is 0 Å². The Kier molecular flexibility index (Phi) is 6.67. The SMILES string of the molecule is CC(C)c1ccccc1NC(=O)[C@H](C)OC(=O)CN1C(=O)N[C@@]2(CCCC[C@H]2C)C1=O. The maximum atomic E-state index is 13.0. The van der Waals surface area contributed by atoms with E-state index in [4.69, 9.17) is 4.74 Å². The number of benzene rings is 1. The molecule has 0 bridgehead atoms. The Morgan fingerprint density at radius 2 is 1.94 bits per heavy atom. The van der Waals surface area contributed by atoms with Gasteiger partial charge in [-0.15, -0.1) is 0 Å². The molecule has 1 aliphatic carbocycles.